The summed E-state index contributed by atoms with van der Waals surface area (Å²) >= 11 is 3.17. The van der Waals surface area contributed by atoms with Crippen LogP contribution in [0.4, 0.5) is 5.69 Å². The van der Waals surface area contributed by atoms with Crippen molar-refractivity contribution in [1.82, 2.24) is 0 Å². The Morgan fingerprint density at radius 2 is 1.80 bits per heavy atom. The molecule has 52 valence electrons. The monoisotopic (exact) mass is 207 g/mol. The van der Waals surface area contributed by atoms with Gasteiger partial charge in [-0.25, -0.2) is 0 Å². The fourth-order valence-corrected chi connectivity index (χ4v) is 0.827. The molecule has 0 heterocycles. The van der Waals surface area contributed by atoms with Crippen molar-refractivity contribution in [3.63, 3.8) is 0 Å². The molecule has 1 aromatic rings. The molecule has 0 atom stereocenters. The van der Waals surface area contributed by atoms with Crippen molar-refractivity contribution < 1.29 is 4.92 Å². The lowest BCUT2D eigenvalue weighted by atomic mass is 11.3. The minimum Gasteiger partial charge on any atom is -0.258 e. The topological polar surface area (TPSA) is 43.1 Å². The van der Waals surface area contributed by atoms with Gasteiger partial charge in [-0.1, -0.05) is 15.9 Å². The zero-order valence-electron chi connectivity index (χ0n) is 4.95. The van der Waals surface area contributed by atoms with Crippen LogP contribution < -0.4 is 0 Å². The van der Waals surface area contributed by atoms with Gasteiger partial charge in [-0.15, -0.1) is 0 Å². The Balaban J connectivity index is 3.00. The fraction of sp³-hybridized carbons (Fsp3) is 0. The number of halogens is 1. The van der Waals surface area contributed by atoms with E-state index in [9.17, 15) is 10.1 Å². The molecule has 0 saturated carbocycles. The first-order valence-corrected chi connectivity index (χ1v) is 3.39. The van der Waals surface area contributed by atoms with E-state index in [0.717, 1.165) is 4.47 Å². The summed E-state index contributed by atoms with van der Waals surface area (Å²) < 4.78 is 0.845. The summed E-state index contributed by atoms with van der Waals surface area (Å²) in [5.41, 5.74) is 0.114. The van der Waals surface area contributed by atoms with E-state index in [-0.39, 0.29) is 5.69 Å². The van der Waals surface area contributed by atoms with E-state index in [1.807, 2.05) is 0 Å². The quantitative estimate of drug-likeness (QED) is 0.525. The number of non-ortho nitro benzene ring substituents is 1. The maximum absolute atomic E-state index is 10.1. The molecule has 0 bridgehead atoms. The molecule has 3 nitrogen and oxygen atoms in total. The molecule has 0 unspecified atom stereocenters. The van der Waals surface area contributed by atoms with Crippen LogP contribution in [0.5, 0.6) is 0 Å². The van der Waals surface area contributed by atoms with Gasteiger partial charge in [-0.3, -0.25) is 10.1 Å². The molecule has 0 aliphatic rings. The first-order valence-electron chi connectivity index (χ1n) is 2.60. The third-order valence-corrected chi connectivity index (χ3v) is 1.57. The lowest BCUT2D eigenvalue weighted by molar-refractivity contribution is -0.384. The van der Waals surface area contributed by atoms with Gasteiger partial charge in [0.1, 0.15) is 0 Å². The van der Waals surface area contributed by atoms with Gasteiger partial charge in [0.05, 0.1) is 4.92 Å². The molecule has 0 radical (unpaired) electrons. The number of rotatable bonds is 1. The lowest BCUT2D eigenvalue weighted by Gasteiger charge is -1.88. The number of benzene rings is 1. The van der Waals surface area contributed by atoms with Crippen LogP contribution in [0, 0.1) is 10.1 Å². The maximum atomic E-state index is 10.1. The Morgan fingerprint density at radius 3 is 2.20 bits per heavy atom. The van der Waals surface area contributed by atoms with Gasteiger partial charge in [0.25, 0.3) is 5.69 Å². The smallest absolute Gasteiger partial charge is 0.258 e. The molecule has 0 N–H and O–H groups in total. The summed E-state index contributed by atoms with van der Waals surface area (Å²) in [6.07, 6.45) is 0. The molecular weight excluding hydrogens is 204 g/mol. The highest BCUT2D eigenvalue weighted by Crippen LogP contribution is 2.15. The molecule has 1 aromatic carbocycles. The van der Waals surface area contributed by atoms with E-state index in [1.165, 1.54) is 12.1 Å². The highest BCUT2D eigenvalue weighted by molar-refractivity contribution is 9.10. The van der Waals surface area contributed by atoms with E-state index in [0.29, 0.717) is 0 Å². The third-order valence-electron chi connectivity index (χ3n) is 1.04. The number of nitro benzene ring substituents is 1. The Hall–Kier alpha value is -0.900. The molecule has 0 aliphatic heterocycles. The van der Waals surface area contributed by atoms with Gasteiger partial charge in [0.2, 0.25) is 0 Å². The first-order chi connectivity index (χ1) is 4.70. The summed E-state index contributed by atoms with van der Waals surface area (Å²) in [6.45, 7) is 0. The molecule has 0 aromatic heterocycles. The van der Waals surface area contributed by atoms with Crippen LogP contribution in [-0.2, 0) is 0 Å². The summed E-state index contributed by atoms with van der Waals surface area (Å²) in [5, 5.41) is 10.1. The van der Waals surface area contributed by atoms with E-state index >= 15 is 0 Å². The summed E-state index contributed by atoms with van der Waals surface area (Å²) in [6, 6.07) is 6.17. The number of hydrogen-bond donors (Lipinski definition) is 0. The van der Waals surface area contributed by atoms with Crippen LogP contribution in [0.15, 0.2) is 28.7 Å². The summed E-state index contributed by atoms with van der Waals surface area (Å²) in [4.78, 5) is 9.68. The van der Waals surface area contributed by atoms with Crippen molar-refractivity contribution >= 4 is 21.6 Å². The highest BCUT2D eigenvalue weighted by atomic mass is 79.9. The van der Waals surface area contributed by atoms with Crippen LogP contribution in [-0.4, -0.2) is 4.92 Å². The molecule has 0 amide bonds. The summed E-state index contributed by atoms with van der Waals surface area (Å²) in [7, 11) is 0. The van der Waals surface area contributed by atoms with E-state index in [4.69, 9.17) is 0 Å². The third kappa shape index (κ3) is 1.54. The molecule has 1 rings (SSSR count). The standard InChI is InChI=1S/C6H4BrNO2/c7-5-1-3-6(4-2-5)8(9)10/h1-4H/i1+1,2+1,3+1,4+1,5+1,6+1. The Labute approximate surface area is 66.0 Å². The van der Waals surface area contributed by atoms with Crippen LogP contribution in [0.3, 0.4) is 0 Å². The van der Waals surface area contributed by atoms with Crippen LogP contribution >= 0.6 is 15.9 Å². The van der Waals surface area contributed by atoms with Crippen molar-refractivity contribution in [2.24, 2.45) is 0 Å². The Morgan fingerprint density at radius 1 is 1.30 bits per heavy atom. The molecule has 0 saturated heterocycles. The maximum Gasteiger partial charge on any atom is 0.269 e. The van der Waals surface area contributed by atoms with Crippen molar-refractivity contribution in [2.45, 2.75) is 0 Å². The molecule has 4 heteroatoms. The Kier molecular flexibility index (Phi) is 2.01. The summed E-state index contributed by atoms with van der Waals surface area (Å²) in [5.74, 6) is 0. The normalized spacial score (nSPS) is 9.30. The van der Waals surface area contributed by atoms with Gasteiger partial charge in [-0.2, -0.15) is 0 Å². The zero-order chi connectivity index (χ0) is 7.56. The molecule has 10 heavy (non-hydrogen) atoms. The number of nitrogens with zero attached hydrogens (tertiary/aromatic N) is 1. The molecule has 0 aliphatic carbocycles. The van der Waals surface area contributed by atoms with Gasteiger partial charge in [0, 0.05) is 16.6 Å². The minimum absolute atomic E-state index is 0.114. The number of nitro groups is 1. The van der Waals surface area contributed by atoms with Gasteiger partial charge in [0.15, 0.2) is 0 Å². The fourth-order valence-electron chi connectivity index (χ4n) is 0.563. The average molecular weight is 208 g/mol. The molecule has 0 fully saturated rings. The van der Waals surface area contributed by atoms with E-state index in [2.05, 4.69) is 15.9 Å². The second-order valence-corrected chi connectivity index (χ2v) is 2.65. The first kappa shape index (κ1) is 7.21. The largest absolute Gasteiger partial charge is 0.269 e. The average Bonchev–Trinajstić information content (AvgIpc) is 1.88. The van der Waals surface area contributed by atoms with Crippen molar-refractivity contribution in [3.8, 4) is 0 Å². The predicted molar refractivity (Wildman–Crippen MR) is 40.8 cm³/mol. The van der Waals surface area contributed by atoms with Crippen LogP contribution in [0.25, 0.3) is 0 Å². The van der Waals surface area contributed by atoms with Crippen molar-refractivity contribution in [1.29, 1.82) is 0 Å². The Bertz CT molecular complexity index is 244. The second kappa shape index (κ2) is 2.79. The molecule has 0 spiro atoms. The van der Waals surface area contributed by atoms with Crippen molar-refractivity contribution in [2.75, 3.05) is 0 Å². The van der Waals surface area contributed by atoms with Crippen molar-refractivity contribution in [3.05, 3.63) is 38.9 Å². The zero-order valence-corrected chi connectivity index (χ0v) is 6.54. The van der Waals surface area contributed by atoms with Gasteiger partial charge in [-0.05, 0) is 12.1 Å². The second-order valence-electron chi connectivity index (χ2n) is 1.73. The molecular formula is C6H4BrNO2. The van der Waals surface area contributed by atoms with Gasteiger partial charge >= 0.3 is 0 Å². The van der Waals surface area contributed by atoms with Crippen LogP contribution in [0.1, 0.15) is 0 Å². The minimum atomic E-state index is -0.424. The van der Waals surface area contributed by atoms with Gasteiger partial charge < -0.3 is 0 Å². The van der Waals surface area contributed by atoms with Crippen LogP contribution in [0.2, 0.25) is 0 Å². The highest BCUT2D eigenvalue weighted by Gasteiger charge is 2.01. The SMILES string of the molecule is O=[N+]([O-])[13c]1[13cH][13cH][13c](Br)[13cH][13cH]1. The number of hydrogen-bond acceptors (Lipinski definition) is 2. The lowest BCUT2D eigenvalue weighted by Crippen LogP contribution is -1.85. The predicted octanol–water partition coefficient (Wildman–Crippen LogP) is 2.36. The van der Waals surface area contributed by atoms with E-state index in [1.54, 1.807) is 12.1 Å². The van der Waals surface area contributed by atoms with E-state index < -0.39 is 4.92 Å².